The number of hydrogen-bond acceptors (Lipinski definition) is 3. The Bertz CT molecular complexity index is 661. The molecule has 2 amide bonds. The molecule has 138 valence electrons. The van der Waals surface area contributed by atoms with Gasteiger partial charge in [-0.3, -0.25) is 9.59 Å². The Morgan fingerprint density at radius 3 is 2.44 bits per heavy atom. The van der Waals surface area contributed by atoms with Crippen molar-refractivity contribution in [1.29, 1.82) is 0 Å². The van der Waals surface area contributed by atoms with Crippen LogP contribution in [0.1, 0.15) is 47.7 Å². The maximum atomic E-state index is 13.1. The largest absolute Gasteiger partial charge is 0.496 e. The molecular formula is C19H27ClN2O3. The Hall–Kier alpha value is -1.75. The minimum atomic E-state index is -0.0824. The molecule has 0 bridgehead atoms. The van der Waals surface area contributed by atoms with Gasteiger partial charge in [-0.25, -0.2) is 0 Å². The van der Waals surface area contributed by atoms with Gasteiger partial charge in [-0.15, -0.1) is 0 Å². The molecule has 0 N–H and O–H groups in total. The molecule has 1 aromatic carbocycles. The summed E-state index contributed by atoms with van der Waals surface area (Å²) in [6, 6.07) is 1.80. The normalized spacial score (nSPS) is 15.1. The zero-order valence-corrected chi connectivity index (χ0v) is 16.3. The Kier molecular flexibility index (Phi) is 6.71. The van der Waals surface area contributed by atoms with Crippen LogP contribution in [0, 0.1) is 13.8 Å². The molecule has 1 aliphatic heterocycles. The summed E-state index contributed by atoms with van der Waals surface area (Å²) in [7, 11) is 1.56. The van der Waals surface area contributed by atoms with Gasteiger partial charge >= 0.3 is 0 Å². The van der Waals surface area contributed by atoms with Crippen molar-refractivity contribution in [2.24, 2.45) is 0 Å². The summed E-state index contributed by atoms with van der Waals surface area (Å²) in [5.74, 6) is 0.637. The van der Waals surface area contributed by atoms with Crippen molar-refractivity contribution in [1.82, 2.24) is 9.80 Å². The van der Waals surface area contributed by atoms with Gasteiger partial charge in [-0.05, 0) is 43.9 Å². The Labute approximate surface area is 154 Å². The lowest BCUT2D eigenvalue weighted by Crippen LogP contribution is -2.37. The first-order valence-electron chi connectivity index (χ1n) is 8.81. The fourth-order valence-electron chi connectivity index (χ4n) is 3.25. The average molecular weight is 367 g/mol. The summed E-state index contributed by atoms with van der Waals surface area (Å²) in [6.07, 6.45) is 2.19. The van der Waals surface area contributed by atoms with Crippen LogP contribution in [0.2, 0.25) is 5.02 Å². The number of methoxy groups -OCH3 is 1. The highest BCUT2D eigenvalue weighted by Gasteiger charge is 2.26. The van der Waals surface area contributed by atoms with Gasteiger partial charge in [0.25, 0.3) is 5.91 Å². The summed E-state index contributed by atoms with van der Waals surface area (Å²) in [4.78, 5) is 28.9. The second-order valence-electron chi connectivity index (χ2n) is 6.49. The third-order valence-electron chi connectivity index (χ3n) is 4.68. The van der Waals surface area contributed by atoms with Crippen LogP contribution in [0.5, 0.6) is 5.75 Å². The second kappa shape index (κ2) is 8.56. The van der Waals surface area contributed by atoms with Crippen molar-refractivity contribution >= 4 is 23.4 Å². The van der Waals surface area contributed by atoms with Gasteiger partial charge in [0, 0.05) is 37.6 Å². The molecule has 1 heterocycles. The number of hydrogen-bond donors (Lipinski definition) is 0. The molecule has 25 heavy (non-hydrogen) atoms. The second-order valence-corrected chi connectivity index (χ2v) is 6.86. The third-order valence-corrected chi connectivity index (χ3v) is 5.26. The Morgan fingerprint density at radius 1 is 1.16 bits per heavy atom. The number of halogens is 1. The summed E-state index contributed by atoms with van der Waals surface area (Å²) in [5, 5.41) is 0.596. The predicted molar refractivity (Wildman–Crippen MR) is 99.5 cm³/mol. The first-order chi connectivity index (χ1) is 11.9. The van der Waals surface area contributed by atoms with E-state index in [0.29, 0.717) is 48.9 Å². The molecule has 0 aromatic heterocycles. The number of ether oxygens (including phenoxy) is 1. The highest BCUT2D eigenvalue weighted by atomic mass is 35.5. The Morgan fingerprint density at radius 2 is 1.80 bits per heavy atom. The zero-order valence-electron chi connectivity index (χ0n) is 15.5. The SMILES string of the molecule is CCCC(=O)N1CCCN(C(=O)c2c(OC)cc(C)c(Cl)c2C)CC1. The highest BCUT2D eigenvalue weighted by Crippen LogP contribution is 2.32. The molecule has 0 atom stereocenters. The maximum absolute atomic E-state index is 13.1. The van der Waals surface area contributed by atoms with Gasteiger partial charge < -0.3 is 14.5 Å². The van der Waals surface area contributed by atoms with Gasteiger partial charge in [-0.1, -0.05) is 18.5 Å². The van der Waals surface area contributed by atoms with Crippen LogP contribution >= 0.6 is 11.6 Å². The van der Waals surface area contributed by atoms with Crippen LogP contribution in [0.25, 0.3) is 0 Å². The minimum Gasteiger partial charge on any atom is -0.496 e. The van der Waals surface area contributed by atoms with Gasteiger partial charge in [0.2, 0.25) is 5.91 Å². The fourth-order valence-corrected chi connectivity index (χ4v) is 3.40. The van der Waals surface area contributed by atoms with E-state index < -0.39 is 0 Å². The van der Waals surface area contributed by atoms with E-state index in [9.17, 15) is 9.59 Å². The molecule has 0 spiro atoms. The van der Waals surface area contributed by atoms with E-state index in [1.54, 1.807) is 18.1 Å². The lowest BCUT2D eigenvalue weighted by Gasteiger charge is -2.24. The van der Waals surface area contributed by atoms with Gasteiger partial charge in [0.15, 0.2) is 0 Å². The topological polar surface area (TPSA) is 49.9 Å². The smallest absolute Gasteiger partial charge is 0.258 e. The summed E-state index contributed by atoms with van der Waals surface area (Å²) >= 11 is 6.35. The monoisotopic (exact) mass is 366 g/mol. The van der Waals surface area contributed by atoms with Crippen LogP contribution < -0.4 is 4.74 Å². The minimum absolute atomic E-state index is 0.0824. The van der Waals surface area contributed by atoms with Crippen LogP contribution in [0.15, 0.2) is 6.07 Å². The first-order valence-corrected chi connectivity index (χ1v) is 9.19. The van der Waals surface area contributed by atoms with E-state index in [0.717, 1.165) is 24.0 Å². The number of aryl methyl sites for hydroxylation is 1. The predicted octanol–water partition coefficient (Wildman–Crippen LogP) is 3.44. The van der Waals surface area contributed by atoms with Crippen molar-refractivity contribution in [3.63, 3.8) is 0 Å². The standard InChI is InChI=1S/C19H27ClN2O3/c1-5-7-16(23)21-8-6-9-22(11-10-21)19(24)17-14(3)18(20)13(2)12-15(17)25-4/h12H,5-11H2,1-4H3. The van der Waals surface area contributed by atoms with E-state index in [4.69, 9.17) is 16.3 Å². The lowest BCUT2D eigenvalue weighted by atomic mass is 10.0. The number of benzene rings is 1. The molecule has 0 radical (unpaired) electrons. The zero-order chi connectivity index (χ0) is 18.6. The van der Waals surface area contributed by atoms with Crippen molar-refractivity contribution in [3.8, 4) is 5.75 Å². The quantitative estimate of drug-likeness (QED) is 0.820. The summed E-state index contributed by atoms with van der Waals surface area (Å²) < 4.78 is 5.43. The van der Waals surface area contributed by atoms with Crippen LogP contribution in [-0.2, 0) is 4.79 Å². The van der Waals surface area contributed by atoms with Gasteiger partial charge in [0.1, 0.15) is 5.75 Å². The molecule has 0 saturated carbocycles. The molecule has 1 fully saturated rings. The van der Waals surface area contributed by atoms with Crippen LogP contribution in [0.3, 0.4) is 0 Å². The van der Waals surface area contributed by atoms with E-state index in [2.05, 4.69) is 0 Å². The lowest BCUT2D eigenvalue weighted by molar-refractivity contribution is -0.131. The van der Waals surface area contributed by atoms with Gasteiger partial charge in [0.05, 0.1) is 12.7 Å². The van der Waals surface area contributed by atoms with Crippen molar-refractivity contribution in [2.75, 3.05) is 33.3 Å². The van der Waals surface area contributed by atoms with E-state index in [1.807, 2.05) is 25.7 Å². The number of nitrogens with zero attached hydrogens (tertiary/aromatic N) is 2. The first kappa shape index (κ1) is 19.6. The van der Waals surface area contributed by atoms with E-state index in [-0.39, 0.29) is 11.8 Å². The van der Waals surface area contributed by atoms with E-state index >= 15 is 0 Å². The Balaban J connectivity index is 2.21. The van der Waals surface area contributed by atoms with Crippen LogP contribution in [-0.4, -0.2) is 54.9 Å². The number of rotatable bonds is 4. The third kappa shape index (κ3) is 4.27. The molecule has 1 saturated heterocycles. The number of carbonyl (C=O) groups is 2. The highest BCUT2D eigenvalue weighted by molar-refractivity contribution is 6.32. The summed E-state index contributed by atoms with van der Waals surface area (Å²) in [5.41, 5.74) is 2.15. The van der Waals surface area contributed by atoms with E-state index in [1.165, 1.54) is 0 Å². The molecule has 1 aromatic rings. The number of carbonyl (C=O) groups excluding carboxylic acids is 2. The van der Waals surface area contributed by atoms with Crippen LogP contribution in [0.4, 0.5) is 0 Å². The van der Waals surface area contributed by atoms with Crippen molar-refractivity contribution in [3.05, 3.63) is 27.8 Å². The van der Waals surface area contributed by atoms with Crippen molar-refractivity contribution in [2.45, 2.75) is 40.0 Å². The van der Waals surface area contributed by atoms with Gasteiger partial charge in [-0.2, -0.15) is 0 Å². The summed E-state index contributed by atoms with van der Waals surface area (Å²) in [6.45, 7) is 8.18. The molecule has 0 aliphatic carbocycles. The number of amides is 2. The average Bonchev–Trinajstić information content (AvgIpc) is 2.85. The fraction of sp³-hybridized carbons (Fsp3) is 0.579. The maximum Gasteiger partial charge on any atom is 0.258 e. The molecule has 0 unspecified atom stereocenters. The molecular weight excluding hydrogens is 340 g/mol. The molecule has 5 nitrogen and oxygen atoms in total. The molecule has 2 rings (SSSR count). The van der Waals surface area contributed by atoms with Crippen molar-refractivity contribution < 1.29 is 14.3 Å². The molecule has 1 aliphatic rings. The molecule has 6 heteroatoms.